The highest BCUT2D eigenvalue weighted by atomic mass is 19.1. The quantitative estimate of drug-likeness (QED) is 0.809. The van der Waals surface area contributed by atoms with Gasteiger partial charge in [0.15, 0.2) is 0 Å². The van der Waals surface area contributed by atoms with E-state index in [0.29, 0.717) is 32.7 Å². The molecule has 1 fully saturated rings. The van der Waals surface area contributed by atoms with Crippen molar-refractivity contribution in [3.8, 4) is 0 Å². The van der Waals surface area contributed by atoms with Crippen LogP contribution in [-0.2, 0) is 16.0 Å². The molecule has 1 aromatic rings. The number of hydrogen-bond acceptors (Lipinski definition) is 3. The maximum absolute atomic E-state index is 13.4. The van der Waals surface area contributed by atoms with Crippen molar-refractivity contribution >= 4 is 12.0 Å². The highest BCUT2D eigenvalue weighted by Gasteiger charge is 2.20. The van der Waals surface area contributed by atoms with Crippen LogP contribution in [0, 0.1) is 11.6 Å². The molecule has 1 heterocycles. The third-order valence-corrected chi connectivity index (χ3v) is 3.17. The first-order valence-electron chi connectivity index (χ1n) is 6.69. The number of nitrogens with one attached hydrogen (secondary N) is 1. The van der Waals surface area contributed by atoms with Crippen LogP contribution in [0.15, 0.2) is 18.2 Å². The zero-order valence-electron chi connectivity index (χ0n) is 11.4. The van der Waals surface area contributed by atoms with Gasteiger partial charge in [0.1, 0.15) is 18.2 Å². The van der Waals surface area contributed by atoms with Gasteiger partial charge in [-0.25, -0.2) is 13.6 Å². The second-order valence-corrected chi connectivity index (χ2v) is 4.68. The van der Waals surface area contributed by atoms with E-state index in [1.54, 1.807) is 4.90 Å². The number of rotatable bonds is 6. The Morgan fingerprint density at radius 1 is 1.33 bits per heavy atom. The summed E-state index contributed by atoms with van der Waals surface area (Å²) < 4.78 is 31.5. The van der Waals surface area contributed by atoms with E-state index in [0.717, 1.165) is 12.1 Å². The molecule has 0 unspecified atom stereocenters. The Hall–Kier alpha value is -2.18. The predicted molar refractivity (Wildman–Crippen MR) is 70.6 cm³/mol. The van der Waals surface area contributed by atoms with Gasteiger partial charge in [-0.3, -0.25) is 4.79 Å². The van der Waals surface area contributed by atoms with Crippen molar-refractivity contribution in [1.29, 1.82) is 0 Å². The van der Waals surface area contributed by atoms with Gasteiger partial charge in [0.25, 0.3) is 0 Å². The first kappa shape index (κ1) is 15.2. The van der Waals surface area contributed by atoms with Gasteiger partial charge in [-0.15, -0.1) is 0 Å². The van der Waals surface area contributed by atoms with Crippen molar-refractivity contribution in [3.63, 3.8) is 0 Å². The van der Waals surface area contributed by atoms with Gasteiger partial charge < -0.3 is 15.0 Å². The molecule has 0 radical (unpaired) electrons. The number of amides is 2. The number of hydrogen-bond donors (Lipinski definition) is 1. The minimum Gasteiger partial charge on any atom is -0.448 e. The van der Waals surface area contributed by atoms with E-state index < -0.39 is 17.5 Å². The molecule has 1 aliphatic rings. The summed E-state index contributed by atoms with van der Waals surface area (Å²) in [5.74, 6) is -1.92. The Labute approximate surface area is 120 Å². The molecule has 1 saturated heterocycles. The third kappa shape index (κ3) is 4.14. The van der Waals surface area contributed by atoms with Crippen molar-refractivity contribution in [2.24, 2.45) is 0 Å². The van der Waals surface area contributed by atoms with Gasteiger partial charge in [-0.1, -0.05) is 6.07 Å². The van der Waals surface area contributed by atoms with Crippen LogP contribution in [0.5, 0.6) is 0 Å². The summed E-state index contributed by atoms with van der Waals surface area (Å²) >= 11 is 0. The van der Waals surface area contributed by atoms with Crippen LogP contribution >= 0.6 is 0 Å². The van der Waals surface area contributed by atoms with Crippen LogP contribution in [0.2, 0.25) is 0 Å². The number of halogens is 2. The minimum absolute atomic E-state index is 0.238. The summed E-state index contributed by atoms with van der Waals surface area (Å²) in [7, 11) is 0. The topological polar surface area (TPSA) is 58.6 Å². The molecular weight excluding hydrogens is 282 g/mol. The molecule has 2 amide bonds. The molecular formula is C14H16F2N2O3. The van der Waals surface area contributed by atoms with Crippen molar-refractivity contribution in [2.75, 3.05) is 26.2 Å². The van der Waals surface area contributed by atoms with Crippen molar-refractivity contribution < 1.29 is 23.1 Å². The first-order chi connectivity index (χ1) is 10.1. The summed E-state index contributed by atoms with van der Waals surface area (Å²) in [6.45, 7) is 1.75. The molecule has 0 bridgehead atoms. The third-order valence-electron chi connectivity index (χ3n) is 3.17. The highest BCUT2D eigenvalue weighted by Crippen LogP contribution is 2.12. The fourth-order valence-corrected chi connectivity index (χ4v) is 2.05. The van der Waals surface area contributed by atoms with Gasteiger partial charge in [0.2, 0.25) is 5.91 Å². The Morgan fingerprint density at radius 2 is 2.05 bits per heavy atom. The summed E-state index contributed by atoms with van der Waals surface area (Å²) in [6.07, 6.45) is -0.139. The zero-order valence-corrected chi connectivity index (χ0v) is 11.4. The second kappa shape index (κ2) is 7.01. The van der Waals surface area contributed by atoms with Gasteiger partial charge in [-0.05, 0) is 18.6 Å². The van der Waals surface area contributed by atoms with Gasteiger partial charge in [-0.2, -0.15) is 0 Å². The molecule has 21 heavy (non-hydrogen) atoms. The van der Waals surface area contributed by atoms with Crippen molar-refractivity contribution in [1.82, 2.24) is 10.2 Å². The average molecular weight is 298 g/mol. The number of cyclic esters (lactones) is 1. The maximum atomic E-state index is 13.4. The molecule has 7 heteroatoms. The van der Waals surface area contributed by atoms with E-state index in [2.05, 4.69) is 5.32 Å². The molecule has 114 valence electrons. The smallest absolute Gasteiger partial charge is 0.409 e. The lowest BCUT2D eigenvalue weighted by Gasteiger charge is -2.12. The van der Waals surface area contributed by atoms with E-state index in [9.17, 15) is 18.4 Å². The Balaban J connectivity index is 1.71. The Morgan fingerprint density at radius 3 is 2.67 bits per heavy atom. The van der Waals surface area contributed by atoms with E-state index in [1.807, 2.05) is 0 Å². The zero-order chi connectivity index (χ0) is 15.2. The van der Waals surface area contributed by atoms with Crippen LogP contribution < -0.4 is 5.32 Å². The number of carbonyl (C=O) groups is 2. The number of ether oxygens (including phenoxy) is 1. The molecule has 0 aromatic heterocycles. The maximum Gasteiger partial charge on any atom is 0.409 e. The molecule has 1 aromatic carbocycles. The van der Waals surface area contributed by atoms with E-state index in [-0.39, 0.29) is 18.1 Å². The lowest BCUT2D eigenvalue weighted by Crippen LogP contribution is -2.31. The van der Waals surface area contributed by atoms with E-state index in [1.165, 1.54) is 6.07 Å². The average Bonchev–Trinajstić information content (AvgIpc) is 2.85. The number of benzene rings is 1. The van der Waals surface area contributed by atoms with Gasteiger partial charge in [0.05, 0.1) is 13.0 Å². The second-order valence-electron chi connectivity index (χ2n) is 4.68. The summed E-state index contributed by atoms with van der Waals surface area (Å²) in [5.41, 5.74) is -0.238. The predicted octanol–water partition coefficient (Wildman–Crippen LogP) is 1.47. The van der Waals surface area contributed by atoms with E-state index >= 15 is 0 Å². The van der Waals surface area contributed by atoms with Crippen LogP contribution in [-0.4, -0.2) is 43.1 Å². The van der Waals surface area contributed by atoms with Crippen LogP contribution in [0.4, 0.5) is 13.6 Å². The van der Waals surface area contributed by atoms with Crippen LogP contribution in [0.25, 0.3) is 0 Å². The van der Waals surface area contributed by atoms with Crippen molar-refractivity contribution in [3.05, 3.63) is 35.4 Å². The SMILES string of the molecule is O=C(Cc1c(F)cccc1F)NCCCN1CCOC1=O. The lowest BCUT2D eigenvalue weighted by molar-refractivity contribution is -0.120. The summed E-state index contributed by atoms with van der Waals surface area (Å²) in [6, 6.07) is 3.48. The summed E-state index contributed by atoms with van der Waals surface area (Å²) in [4.78, 5) is 24.3. The number of carbonyl (C=O) groups excluding carboxylic acids is 2. The summed E-state index contributed by atoms with van der Waals surface area (Å²) in [5, 5.41) is 2.57. The number of nitrogens with zero attached hydrogens (tertiary/aromatic N) is 1. The van der Waals surface area contributed by atoms with E-state index in [4.69, 9.17) is 4.74 Å². The standard InChI is InChI=1S/C14H16F2N2O3/c15-11-3-1-4-12(16)10(11)9-13(19)17-5-2-6-18-7-8-21-14(18)20/h1,3-4H,2,5-9H2,(H,17,19). The fraction of sp³-hybridized carbons (Fsp3) is 0.429. The molecule has 0 saturated carbocycles. The largest absolute Gasteiger partial charge is 0.448 e. The normalized spacial score (nSPS) is 14.2. The van der Waals surface area contributed by atoms with Crippen molar-refractivity contribution in [2.45, 2.75) is 12.8 Å². The molecule has 0 aliphatic carbocycles. The monoisotopic (exact) mass is 298 g/mol. The Bertz CT molecular complexity index is 517. The minimum atomic E-state index is -0.732. The molecule has 0 atom stereocenters. The lowest BCUT2D eigenvalue weighted by atomic mass is 10.1. The molecule has 5 nitrogen and oxygen atoms in total. The molecule has 0 spiro atoms. The Kier molecular flexibility index (Phi) is 5.08. The molecule has 1 N–H and O–H groups in total. The first-order valence-corrected chi connectivity index (χ1v) is 6.69. The van der Waals surface area contributed by atoms with Gasteiger partial charge in [0, 0.05) is 18.7 Å². The van der Waals surface area contributed by atoms with Crippen LogP contribution in [0.3, 0.4) is 0 Å². The molecule has 1 aliphatic heterocycles. The van der Waals surface area contributed by atoms with Gasteiger partial charge >= 0.3 is 6.09 Å². The highest BCUT2D eigenvalue weighted by molar-refractivity contribution is 5.78. The van der Waals surface area contributed by atoms with Crippen LogP contribution in [0.1, 0.15) is 12.0 Å². The molecule has 2 rings (SSSR count). The fourth-order valence-electron chi connectivity index (χ4n) is 2.05.